The van der Waals surface area contributed by atoms with Gasteiger partial charge in [0.15, 0.2) is 0 Å². The summed E-state index contributed by atoms with van der Waals surface area (Å²) in [6, 6.07) is 7.69. The van der Waals surface area contributed by atoms with Gasteiger partial charge in [0, 0.05) is 0 Å². The van der Waals surface area contributed by atoms with Crippen LogP contribution in [-0.2, 0) is 11.3 Å². The van der Waals surface area contributed by atoms with Crippen LogP contribution in [0.15, 0.2) is 36.7 Å². The standard InChI is InChI=1S/C14H15N5O2/c20-6-8-21-7-5-19-10-14(17-18-19)13-9-15-11-3-1-2-4-12(11)16-13/h1-4,9-10,20H,5-8H2. The van der Waals surface area contributed by atoms with Crippen LogP contribution >= 0.6 is 0 Å². The van der Waals surface area contributed by atoms with E-state index in [0.29, 0.717) is 31.1 Å². The van der Waals surface area contributed by atoms with Crippen LogP contribution in [0.25, 0.3) is 22.4 Å². The molecular formula is C14H15N5O2. The van der Waals surface area contributed by atoms with E-state index < -0.39 is 0 Å². The lowest BCUT2D eigenvalue weighted by atomic mass is 10.3. The average Bonchev–Trinajstić information content (AvgIpc) is 3.00. The molecule has 7 nitrogen and oxygen atoms in total. The Labute approximate surface area is 121 Å². The fraction of sp³-hybridized carbons (Fsp3) is 0.286. The highest BCUT2D eigenvalue weighted by Gasteiger charge is 2.07. The van der Waals surface area contributed by atoms with Gasteiger partial charge in [-0.3, -0.25) is 4.98 Å². The Kier molecular flexibility index (Phi) is 4.13. The zero-order chi connectivity index (χ0) is 14.5. The molecule has 0 unspecified atom stereocenters. The number of aliphatic hydroxyl groups excluding tert-OH is 1. The van der Waals surface area contributed by atoms with Crippen LogP contribution in [0.4, 0.5) is 0 Å². The number of ether oxygens (including phenoxy) is 1. The highest BCUT2D eigenvalue weighted by atomic mass is 16.5. The van der Waals surface area contributed by atoms with Crippen molar-refractivity contribution in [1.82, 2.24) is 25.0 Å². The van der Waals surface area contributed by atoms with Crippen LogP contribution < -0.4 is 0 Å². The maximum Gasteiger partial charge on any atom is 0.133 e. The van der Waals surface area contributed by atoms with Gasteiger partial charge in [-0.05, 0) is 12.1 Å². The largest absolute Gasteiger partial charge is 0.394 e. The fourth-order valence-corrected chi connectivity index (χ4v) is 1.93. The first-order chi connectivity index (χ1) is 10.4. The van der Waals surface area contributed by atoms with E-state index in [1.165, 1.54) is 0 Å². The molecule has 0 saturated carbocycles. The molecule has 7 heteroatoms. The molecule has 3 aromatic rings. The molecule has 1 N–H and O–H groups in total. The van der Waals surface area contributed by atoms with Gasteiger partial charge in [0.1, 0.15) is 11.4 Å². The lowest BCUT2D eigenvalue weighted by Gasteiger charge is -2.01. The fourth-order valence-electron chi connectivity index (χ4n) is 1.93. The smallest absolute Gasteiger partial charge is 0.133 e. The Morgan fingerprint density at radius 1 is 1.10 bits per heavy atom. The zero-order valence-corrected chi connectivity index (χ0v) is 11.4. The first-order valence-corrected chi connectivity index (χ1v) is 6.68. The summed E-state index contributed by atoms with van der Waals surface area (Å²) < 4.78 is 6.88. The summed E-state index contributed by atoms with van der Waals surface area (Å²) >= 11 is 0. The highest BCUT2D eigenvalue weighted by Crippen LogP contribution is 2.16. The molecule has 2 aromatic heterocycles. The molecule has 0 saturated heterocycles. The normalized spacial score (nSPS) is 11.1. The topological polar surface area (TPSA) is 86.0 Å². The minimum absolute atomic E-state index is 0.0231. The molecule has 0 radical (unpaired) electrons. The Morgan fingerprint density at radius 3 is 2.81 bits per heavy atom. The maximum atomic E-state index is 8.63. The molecule has 0 aliphatic heterocycles. The van der Waals surface area contributed by atoms with Crippen LogP contribution in [0.5, 0.6) is 0 Å². The van der Waals surface area contributed by atoms with E-state index in [2.05, 4.69) is 20.3 Å². The third-order valence-electron chi connectivity index (χ3n) is 2.95. The number of nitrogens with zero attached hydrogens (tertiary/aromatic N) is 5. The van der Waals surface area contributed by atoms with E-state index in [9.17, 15) is 0 Å². The lowest BCUT2D eigenvalue weighted by molar-refractivity contribution is 0.0851. The number of aromatic nitrogens is 5. The molecule has 1 aromatic carbocycles. The van der Waals surface area contributed by atoms with E-state index in [0.717, 1.165) is 11.0 Å². The molecule has 0 amide bonds. The molecule has 0 atom stereocenters. The van der Waals surface area contributed by atoms with E-state index in [4.69, 9.17) is 9.84 Å². The molecule has 0 spiro atoms. The number of aliphatic hydroxyl groups is 1. The van der Waals surface area contributed by atoms with Crippen LogP contribution in [0.1, 0.15) is 0 Å². The summed E-state index contributed by atoms with van der Waals surface area (Å²) in [4.78, 5) is 8.89. The summed E-state index contributed by atoms with van der Waals surface area (Å²) in [5.41, 5.74) is 3.05. The van der Waals surface area contributed by atoms with Gasteiger partial charge in [0.2, 0.25) is 0 Å². The van der Waals surface area contributed by atoms with Gasteiger partial charge in [-0.1, -0.05) is 17.3 Å². The highest BCUT2D eigenvalue weighted by molar-refractivity contribution is 5.76. The van der Waals surface area contributed by atoms with Crippen molar-refractivity contribution < 1.29 is 9.84 Å². The molecule has 2 heterocycles. The minimum atomic E-state index is 0.0231. The van der Waals surface area contributed by atoms with Crippen molar-refractivity contribution in [3.63, 3.8) is 0 Å². The monoisotopic (exact) mass is 285 g/mol. The molecule has 0 aliphatic rings. The van der Waals surface area contributed by atoms with Crippen molar-refractivity contribution in [2.75, 3.05) is 19.8 Å². The zero-order valence-electron chi connectivity index (χ0n) is 11.4. The van der Waals surface area contributed by atoms with Gasteiger partial charge in [-0.25, -0.2) is 9.67 Å². The second kappa shape index (κ2) is 6.38. The van der Waals surface area contributed by atoms with E-state index in [1.807, 2.05) is 24.3 Å². The molecule has 3 rings (SSSR count). The van der Waals surface area contributed by atoms with Crippen molar-refractivity contribution in [3.05, 3.63) is 36.7 Å². The summed E-state index contributed by atoms with van der Waals surface area (Å²) in [5.74, 6) is 0. The summed E-state index contributed by atoms with van der Waals surface area (Å²) in [6.45, 7) is 1.41. The number of hydrogen-bond acceptors (Lipinski definition) is 6. The van der Waals surface area contributed by atoms with E-state index >= 15 is 0 Å². The van der Waals surface area contributed by atoms with Crippen LogP contribution in [0.2, 0.25) is 0 Å². The first-order valence-electron chi connectivity index (χ1n) is 6.68. The van der Waals surface area contributed by atoms with Gasteiger partial charge in [-0.2, -0.15) is 0 Å². The van der Waals surface area contributed by atoms with Crippen LogP contribution in [-0.4, -0.2) is 49.9 Å². The Balaban J connectivity index is 1.75. The molecule has 108 valence electrons. The van der Waals surface area contributed by atoms with Crippen molar-refractivity contribution in [2.24, 2.45) is 0 Å². The van der Waals surface area contributed by atoms with Gasteiger partial charge in [0.25, 0.3) is 0 Å². The number of para-hydroxylation sites is 2. The quantitative estimate of drug-likeness (QED) is 0.677. The Bertz CT molecular complexity index is 728. The van der Waals surface area contributed by atoms with Gasteiger partial charge < -0.3 is 9.84 Å². The Hall–Kier alpha value is -2.38. The van der Waals surface area contributed by atoms with Crippen molar-refractivity contribution >= 4 is 11.0 Å². The van der Waals surface area contributed by atoms with Gasteiger partial charge in [0.05, 0.1) is 49.8 Å². The van der Waals surface area contributed by atoms with E-state index in [1.54, 1.807) is 17.1 Å². The SMILES string of the molecule is OCCOCCn1cc(-c2cnc3ccccc3n2)nn1. The van der Waals surface area contributed by atoms with Crippen molar-refractivity contribution in [2.45, 2.75) is 6.54 Å². The molecule has 0 bridgehead atoms. The number of hydrogen-bond donors (Lipinski definition) is 1. The average molecular weight is 285 g/mol. The predicted octanol–water partition coefficient (Wildman–Crippen LogP) is 0.897. The predicted molar refractivity (Wildman–Crippen MR) is 76.5 cm³/mol. The Morgan fingerprint density at radius 2 is 1.95 bits per heavy atom. The first kappa shape index (κ1) is 13.6. The third-order valence-corrected chi connectivity index (χ3v) is 2.95. The minimum Gasteiger partial charge on any atom is -0.394 e. The summed E-state index contributed by atoms with van der Waals surface area (Å²) in [6.07, 6.45) is 3.50. The lowest BCUT2D eigenvalue weighted by Crippen LogP contribution is -2.08. The second-order valence-electron chi connectivity index (χ2n) is 4.45. The van der Waals surface area contributed by atoms with E-state index in [-0.39, 0.29) is 6.61 Å². The van der Waals surface area contributed by atoms with Crippen molar-refractivity contribution in [1.29, 1.82) is 0 Å². The molecule has 21 heavy (non-hydrogen) atoms. The molecule has 0 fully saturated rings. The maximum absolute atomic E-state index is 8.63. The van der Waals surface area contributed by atoms with Crippen LogP contribution in [0, 0.1) is 0 Å². The number of benzene rings is 1. The summed E-state index contributed by atoms with van der Waals surface area (Å²) in [5, 5.41) is 16.8. The molecule has 0 aliphatic carbocycles. The van der Waals surface area contributed by atoms with Crippen molar-refractivity contribution in [3.8, 4) is 11.4 Å². The van der Waals surface area contributed by atoms with Crippen LogP contribution in [0.3, 0.4) is 0 Å². The van der Waals surface area contributed by atoms with Gasteiger partial charge in [-0.15, -0.1) is 5.10 Å². The third kappa shape index (κ3) is 3.21. The number of fused-ring (bicyclic) bond motifs is 1. The number of rotatable bonds is 6. The molecular weight excluding hydrogens is 270 g/mol. The summed E-state index contributed by atoms with van der Waals surface area (Å²) in [7, 11) is 0. The second-order valence-corrected chi connectivity index (χ2v) is 4.45. The van der Waals surface area contributed by atoms with Gasteiger partial charge >= 0.3 is 0 Å².